The van der Waals surface area contributed by atoms with Crippen molar-refractivity contribution in [1.82, 2.24) is 0 Å². The zero-order chi connectivity index (χ0) is 33.1. The lowest BCUT2D eigenvalue weighted by molar-refractivity contribution is -0.142. The third kappa shape index (κ3) is 33.0. The first-order chi connectivity index (χ1) is 22.0. The highest BCUT2D eigenvalue weighted by atomic mass is 32.2. The molecular formula is C40H78O4S. The van der Waals surface area contributed by atoms with Crippen LogP contribution < -0.4 is 0 Å². The van der Waals surface area contributed by atoms with Crippen LogP contribution in [0.15, 0.2) is 0 Å². The first-order valence-electron chi connectivity index (χ1n) is 20.0. The summed E-state index contributed by atoms with van der Waals surface area (Å²) >= 11 is 1.34. The van der Waals surface area contributed by atoms with E-state index in [0.717, 1.165) is 25.7 Å². The van der Waals surface area contributed by atoms with Gasteiger partial charge >= 0.3 is 11.9 Å². The van der Waals surface area contributed by atoms with Crippen molar-refractivity contribution in [2.45, 2.75) is 231 Å². The van der Waals surface area contributed by atoms with E-state index in [4.69, 9.17) is 9.47 Å². The van der Waals surface area contributed by atoms with E-state index in [1.165, 1.54) is 179 Å². The molecule has 0 saturated heterocycles. The summed E-state index contributed by atoms with van der Waals surface area (Å²) in [5.41, 5.74) is 0. The van der Waals surface area contributed by atoms with Crippen molar-refractivity contribution in [2.75, 3.05) is 13.2 Å². The topological polar surface area (TPSA) is 52.6 Å². The second kappa shape index (κ2) is 36.1. The van der Waals surface area contributed by atoms with Gasteiger partial charge in [-0.1, -0.05) is 194 Å². The van der Waals surface area contributed by atoms with Crippen LogP contribution in [0.4, 0.5) is 0 Å². The Kier molecular flexibility index (Phi) is 35.6. The minimum Gasteiger partial charge on any atom is -0.465 e. The number of esters is 2. The number of thioether (sulfide) groups is 1. The second-order valence-corrected chi connectivity index (χ2v) is 15.3. The fourth-order valence-corrected chi connectivity index (χ4v) is 6.91. The van der Waals surface area contributed by atoms with Crippen LogP contribution in [0, 0.1) is 0 Å². The van der Waals surface area contributed by atoms with Crippen molar-refractivity contribution < 1.29 is 19.1 Å². The van der Waals surface area contributed by atoms with Gasteiger partial charge in [0.05, 0.1) is 13.2 Å². The summed E-state index contributed by atoms with van der Waals surface area (Å²) in [6, 6.07) is 0. The normalized spacial score (nSPS) is 12.7. The van der Waals surface area contributed by atoms with Crippen LogP contribution in [0.1, 0.15) is 220 Å². The molecule has 0 aliphatic rings. The molecule has 2 atom stereocenters. The Morgan fingerprint density at radius 1 is 0.378 bits per heavy atom. The zero-order valence-electron chi connectivity index (χ0n) is 30.8. The van der Waals surface area contributed by atoms with Crippen molar-refractivity contribution in [3.8, 4) is 0 Å². The van der Waals surface area contributed by atoms with Crippen LogP contribution in [0.2, 0.25) is 0 Å². The van der Waals surface area contributed by atoms with Crippen LogP contribution in [0.3, 0.4) is 0 Å². The Labute approximate surface area is 286 Å². The Hall–Kier alpha value is -0.710. The van der Waals surface area contributed by atoms with E-state index in [2.05, 4.69) is 13.8 Å². The number of unbranched alkanes of at least 4 members (excludes halogenated alkanes) is 28. The van der Waals surface area contributed by atoms with Crippen LogP contribution in [0.5, 0.6) is 0 Å². The Morgan fingerprint density at radius 3 is 0.800 bits per heavy atom. The van der Waals surface area contributed by atoms with Crippen LogP contribution in [-0.2, 0) is 19.1 Å². The fraction of sp³-hybridized carbons (Fsp3) is 0.950. The van der Waals surface area contributed by atoms with Gasteiger partial charge in [0, 0.05) is 0 Å². The molecule has 0 N–H and O–H groups in total. The Bertz CT molecular complexity index is 573. The largest absolute Gasteiger partial charge is 0.465 e. The van der Waals surface area contributed by atoms with E-state index < -0.39 is 0 Å². The van der Waals surface area contributed by atoms with E-state index in [0.29, 0.717) is 13.2 Å². The molecule has 2 unspecified atom stereocenters. The summed E-state index contributed by atoms with van der Waals surface area (Å²) in [6.07, 6.45) is 39.7. The summed E-state index contributed by atoms with van der Waals surface area (Å²) in [4.78, 5) is 24.7. The minimum absolute atomic E-state index is 0.215. The lowest BCUT2D eigenvalue weighted by Crippen LogP contribution is -2.25. The van der Waals surface area contributed by atoms with Gasteiger partial charge < -0.3 is 9.47 Å². The molecule has 268 valence electrons. The van der Waals surface area contributed by atoms with E-state index in [9.17, 15) is 9.59 Å². The standard InChI is InChI=1S/C40H78O4S/c1-5-7-9-11-13-15-17-19-21-23-25-27-29-31-33-35-43-39(41)37(3)45-38(4)40(42)44-36-34-32-30-28-26-24-22-20-18-16-14-12-10-8-6-2/h37-38H,5-36H2,1-4H3. The maximum absolute atomic E-state index is 12.4. The second-order valence-electron chi connectivity index (χ2n) is 13.7. The monoisotopic (exact) mass is 655 g/mol. The maximum Gasteiger partial charge on any atom is 0.318 e. The predicted octanol–water partition coefficient (Wildman–Crippen LogP) is 13.3. The molecule has 0 aliphatic heterocycles. The van der Waals surface area contributed by atoms with Crippen LogP contribution in [0.25, 0.3) is 0 Å². The molecular weight excluding hydrogens is 577 g/mol. The van der Waals surface area contributed by atoms with Gasteiger partial charge in [-0.2, -0.15) is 0 Å². The molecule has 0 heterocycles. The van der Waals surface area contributed by atoms with E-state index in [1.807, 2.05) is 13.8 Å². The SMILES string of the molecule is CCCCCCCCCCCCCCCCCOC(=O)C(C)SC(C)C(=O)OCCCCCCCCCCCCCCCCC. The third-order valence-electron chi connectivity index (χ3n) is 9.06. The molecule has 0 bridgehead atoms. The molecule has 0 amide bonds. The number of hydrogen-bond donors (Lipinski definition) is 0. The average Bonchev–Trinajstić information content (AvgIpc) is 3.04. The minimum atomic E-state index is -0.352. The number of carbonyl (C=O) groups is 2. The van der Waals surface area contributed by atoms with Crippen LogP contribution in [-0.4, -0.2) is 35.7 Å². The van der Waals surface area contributed by atoms with Gasteiger partial charge in [-0.05, 0) is 26.7 Å². The van der Waals surface area contributed by atoms with E-state index in [-0.39, 0.29) is 22.4 Å². The highest BCUT2D eigenvalue weighted by Crippen LogP contribution is 2.21. The molecule has 5 heteroatoms. The van der Waals surface area contributed by atoms with Crippen LogP contribution >= 0.6 is 11.8 Å². The highest BCUT2D eigenvalue weighted by Gasteiger charge is 2.23. The van der Waals surface area contributed by atoms with Gasteiger partial charge in [0.15, 0.2) is 0 Å². The quantitative estimate of drug-likeness (QED) is 0.0497. The summed E-state index contributed by atoms with van der Waals surface area (Å²) < 4.78 is 11.0. The van der Waals surface area contributed by atoms with Crippen molar-refractivity contribution in [1.29, 1.82) is 0 Å². The number of rotatable bonds is 36. The summed E-state index contributed by atoms with van der Waals surface area (Å²) in [6.45, 7) is 9.19. The van der Waals surface area contributed by atoms with Crippen molar-refractivity contribution in [2.24, 2.45) is 0 Å². The maximum atomic E-state index is 12.4. The molecule has 45 heavy (non-hydrogen) atoms. The summed E-state index contributed by atoms with van der Waals surface area (Å²) in [5.74, 6) is -0.431. The third-order valence-corrected chi connectivity index (χ3v) is 10.3. The summed E-state index contributed by atoms with van der Waals surface area (Å²) in [5, 5.41) is -0.704. The van der Waals surface area contributed by atoms with Crippen molar-refractivity contribution in [3.63, 3.8) is 0 Å². The highest BCUT2D eigenvalue weighted by molar-refractivity contribution is 8.01. The van der Waals surface area contributed by atoms with Gasteiger partial charge in [0.2, 0.25) is 0 Å². The molecule has 0 saturated carbocycles. The Morgan fingerprint density at radius 2 is 0.578 bits per heavy atom. The zero-order valence-corrected chi connectivity index (χ0v) is 31.6. The Balaban J connectivity index is 3.50. The lowest BCUT2D eigenvalue weighted by Gasteiger charge is -2.16. The molecule has 0 radical (unpaired) electrons. The predicted molar refractivity (Wildman–Crippen MR) is 198 cm³/mol. The van der Waals surface area contributed by atoms with Gasteiger partial charge in [0.25, 0.3) is 0 Å². The van der Waals surface area contributed by atoms with E-state index >= 15 is 0 Å². The van der Waals surface area contributed by atoms with Gasteiger partial charge in [-0.25, -0.2) is 0 Å². The molecule has 0 aromatic carbocycles. The number of carbonyl (C=O) groups excluding carboxylic acids is 2. The molecule has 0 aromatic heterocycles. The van der Waals surface area contributed by atoms with Gasteiger partial charge in [-0.15, -0.1) is 11.8 Å². The average molecular weight is 655 g/mol. The lowest BCUT2D eigenvalue weighted by atomic mass is 10.0. The van der Waals surface area contributed by atoms with Gasteiger partial charge in [0.1, 0.15) is 10.5 Å². The molecule has 0 aromatic rings. The van der Waals surface area contributed by atoms with Crippen molar-refractivity contribution in [3.05, 3.63) is 0 Å². The fourth-order valence-electron chi connectivity index (χ4n) is 5.94. The first-order valence-corrected chi connectivity index (χ1v) is 21.0. The first kappa shape index (κ1) is 44.3. The molecule has 0 fully saturated rings. The van der Waals surface area contributed by atoms with Gasteiger partial charge in [-0.3, -0.25) is 9.59 Å². The molecule has 0 aliphatic carbocycles. The molecule has 4 nitrogen and oxygen atoms in total. The molecule has 0 spiro atoms. The smallest absolute Gasteiger partial charge is 0.318 e. The van der Waals surface area contributed by atoms with E-state index in [1.54, 1.807) is 0 Å². The molecule has 0 rings (SSSR count). The number of hydrogen-bond acceptors (Lipinski definition) is 5. The summed E-state index contributed by atoms with van der Waals surface area (Å²) in [7, 11) is 0. The van der Waals surface area contributed by atoms with Crippen molar-refractivity contribution >= 4 is 23.7 Å². The number of ether oxygens (including phenoxy) is 2.